The van der Waals surface area contributed by atoms with Crippen LogP contribution in [-0.2, 0) is 14.3 Å². The van der Waals surface area contributed by atoms with Gasteiger partial charge in [0.1, 0.15) is 11.5 Å². The van der Waals surface area contributed by atoms with Gasteiger partial charge < -0.3 is 34.1 Å². The molecule has 1 amide bonds. The number of ether oxygens (including phenoxy) is 3. The maximum atomic E-state index is 13.3. The molecule has 2 heterocycles. The average Bonchev–Trinajstić information content (AvgIpc) is 3.29. The zero-order valence-corrected chi connectivity index (χ0v) is 21.7. The number of hydrogen-bond acceptors (Lipinski definition) is 8. The molecule has 10 heteroatoms. The number of nitrogens with one attached hydrogen (secondary N) is 1. The lowest BCUT2D eigenvalue weighted by Gasteiger charge is -2.27. The van der Waals surface area contributed by atoms with Crippen molar-refractivity contribution in [1.29, 1.82) is 0 Å². The highest BCUT2D eigenvalue weighted by atomic mass is 16.5. The summed E-state index contributed by atoms with van der Waals surface area (Å²) in [5, 5.41) is 11.5. The Labute approximate surface area is 210 Å². The van der Waals surface area contributed by atoms with Crippen LogP contribution in [0.15, 0.2) is 23.8 Å². The summed E-state index contributed by atoms with van der Waals surface area (Å²) in [5.74, 6) is -1.52. The molecule has 1 aromatic heterocycles. The Morgan fingerprint density at radius 1 is 1.17 bits per heavy atom. The number of amides is 1. The van der Waals surface area contributed by atoms with Crippen LogP contribution < -0.4 is 9.47 Å². The molecule has 0 saturated carbocycles. The van der Waals surface area contributed by atoms with Gasteiger partial charge in [0.05, 0.1) is 32.4 Å². The zero-order valence-electron chi connectivity index (χ0n) is 21.7. The van der Waals surface area contributed by atoms with Crippen molar-refractivity contribution >= 4 is 23.4 Å². The van der Waals surface area contributed by atoms with Crippen LogP contribution in [0.2, 0.25) is 0 Å². The van der Waals surface area contributed by atoms with Crippen LogP contribution in [0.5, 0.6) is 11.5 Å². The van der Waals surface area contributed by atoms with E-state index in [1.807, 2.05) is 25.9 Å². The Bertz CT molecular complexity index is 1210. The van der Waals surface area contributed by atoms with E-state index < -0.39 is 23.7 Å². The number of likely N-dealkylation sites (tertiary alicyclic amines) is 1. The van der Waals surface area contributed by atoms with E-state index >= 15 is 0 Å². The third kappa shape index (κ3) is 4.81. The lowest BCUT2D eigenvalue weighted by Crippen LogP contribution is -2.35. The smallest absolute Gasteiger partial charge is 0.354 e. The van der Waals surface area contributed by atoms with E-state index in [-0.39, 0.29) is 29.1 Å². The number of carbonyl (C=O) groups excluding carboxylic acids is 3. The third-order valence-electron chi connectivity index (χ3n) is 6.20. The second-order valence-electron chi connectivity index (χ2n) is 8.76. The minimum absolute atomic E-state index is 0.0633. The molecule has 194 valence electrons. The summed E-state index contributed by atoms with van der Waals surface area (Å²) in [6, 6.07) is 4.29. The number of H-pyrrole nitrogens is 1. The highest BCUT2D eigenvalue weighted by molar-refractivity contribution is 6.46. The molecule has 1 fully saturated rings. The fourth-order valence-corrected chi connectivity index (χ4v) is 4.44. The van der Waals surface area contributed by atoms with Gasteiger partial charge in [-0.05, 0) is 58.1 Å². The predicted octanol–water partition coefficient (Wildman–Crippen LogP) is 2.81. The third-order valence-corrected chi connectivity index (χ3v) is 6.20. The predicted molar refractivity (Wildman–Crippen MR) is 133 cm³/mol. The second-order valence-corrected chi connectivity index (χ2v) is 8.76. The SMILES string of the molecule is CCOc1ccc(C2/C(=C(\O)c3c(C)[nH]c(C(=O)OC)c3C)C(=O)C(=O)N2CCN(C)C)cc1OC. The summed E-state index contributed by atoms with van der Waals surface area (Å²) in [6.45, 7) is 6.37. The number of hydrogen-bond donors (Lipinski definition) is 2. The molecule has 1 aliphatic rings. The Hall–Kier alpha value is -3.79. The fraction of sp³-hybridized carbons (Fsp3) is 0.423. The van der Waals surface area contributed by atoms with Gasteiger partial charge >= 0.3 is 5.97 Å². The van der Waals surface area contributed by atoms with Crippen molar-refractivity contribution in [2.75, 3.05) is 48.0 Å². The molecule has 0 bridgehead atoms. The van der Waals surface area contributed by atoms with Crippen LogP contribution >= 0.6 is 0 Å². The first-order valence-corrected chi connectivity index (χ1v) is 11.6. The minimum atomic E-state index is -0.871. The molecular formula is C26H33N3O7. The van der Waals surface area contributed by atoms with Gasteiger partial charge in [0, 0.05) is 24.3 Å². The molecule has 0 aliphatic carbocycles. The molecule has 1 atom stereocenters. The minimum Gasteiger partial charge on any atom is -0.507 e. The Kier molecular flexibility index (Phi) is 8.09. The van der Waals surface area contributed by atoms with Gasteiger partial charge in [-0.2, -0.15) is 0 Å². The van der Waals surface area contributed by atoms with Crippen molar-refractivity contribution < 1.29 is 33.7 Å². The lowest BCUT2D eigenvalue weighted by atomic mass is 9.93. The average molecular weight is 500 g/mol. The molecule has 1 aliphatic heterocycles. The number of carbonyl (C=O) groups is 3. The fourth-order valence-electron chi connectivity index (χ4n) is 4.44. The molecule has 2 N–H and O–H groups in total. The van der Waals surface area contributed by atoms with E-state index in [0.717, 1.165) is 0 Å². The van der Waals surface area contributed by atoms with Crippen LogP contribution in [0.3, 0.4) is 0 Å². The number of aliphatic hydroxyl groups is 1. The first kappa shape index (κ1) is 26.8. The van der Waals surface area contributed by atoms with Gasteiger partial charge in [-0.1, -0.05) is 6.07 Å². The van der Waals surface area contributed by atoms with E-state index in [0.29, 0.717) is 41.5 Å². The first-order chi connectivity index (χ1) is 17.1. The van der Waals surface area contributed by atoms with Gasteiger partial charge in [0.15, 0.2) is 11.5 Å². The molecule has 0 radical (unpaired) electrons. The summed E-state index contributed by atoms with van der Waals surface area (Å²) in [7, 11) is 6.50. The summed E-state index contributed by atoms with van der Waals surface area (Å²) in [4.78, 5) is 45.0. The van der Waals surface area contributed by atoms with Gasteiger partial charge in [-0.15, -0.1) is 0 Å². The largest absolute Gasteiger partial charge is 0.507 e. The number of methoxy groups -OCH3 is 2. The normalized spacial score (nSPS) is 17.1. The molecule has 1 unspecified atom stereocenters. The standard InChI is InChI=1S/C26H33N3O7/c1-8-36-17-10-9-16(13-18(17)34-6)22-20(24(31)25(32)29(22)12-11-28(4)5)23(30)19-14(2)21(26(33)35-7)27-15(19)3/h9-10,13,22,27,30H,8,11-12H2,1-7H3/b23-20+. The van der Waals surface area contributed by atoms with Gasteiger partial charge in [0.2, 0.25) is 0 Å². The van der Waals surface area contributed by atoms with Crippen molar-refractivity contribution in [1.82, 2.24) is 14.8 Å². The Balaban J connectivity index is 2.25. The number of benzene rings is 1. The van der Waals surface area contributed by atoms with Gasteiger partial charge in [0.25, 0.3) is 11.7 Å². The number of likely N-dealkylation sites (N-methyl/N-ethyl adjacent to an activating group) is 1. The van der Waals surface area contributed by atoms with Gasteiger partial charge in [-0.25, -0.2) is 4.79 Å². The van der Waals surface area contributed by atoms with Gasteiger partial charge in [-0.3, -0.25) is 9.59 Å². The van der Waals surface area contributed by atoms with Crippen molar-refractivity contribution in [3.63, 3.8) is 0 Å². The number of aryl methyl sites for hydroxylation is 1. The molecule has 10 nitrogen and oxygen atoms in total. The second kappa shape index (κ2) is 10.9. The first-order valence-electron chi connectivity index (χ1n) is 11.6. The summed E-state index contributed by atoms with van der Waals surface area (Å²) in [6.07, 6.45) is 0. The molecule has 1 saturated heterocycles. The number of aromatic nitrogens is 1. The lowest BCUT2D eigenvalue weighted by molar-refractivity contribution is -0.140. The number of Topliss-reactive ketones (excluding diaryl/α,β-unsaturated/α-hetero) is 1. The molecule has 3 rings (SSSR count). The molecule has 1 aromatic carbocycles. The number of aromatic amines is 1. The van der Waals surface area contributed by atoms with E-state index in [1.54, 1.807) is 32.0 Å². The van der Waals surface area contributed by atoms with E-state index in [4.69, 9.17) is 14.2 Å². The highest BCUT2D eigenvalue weighted by Crippen LogP contribution is 2.43. The maximum absolute atomic E-state index is 13.3. The number of nitrogens with zero attached hydrogens (tertiary/aromatic N) is 2. The maximum Gasteiger partial charge on any atom is 0.354 e. The Morgan fingerprint density at radius 2 is 1.86 bits per heavy atom. The number of aliphatic hydroxyl groups excluding tert-OH is 1. The highest BCUT2D eigenvalue weighted by Gasteiger charge is 2.46. The van der Waals surface area contributed by atoms with Crippen LogP contribution in [0.25, 0.3) is 5.76 Å². The molecule has 0 spiro atoms. The summed E-state index contributed by atoms with van der Waals surface area (Å²) >= 11 is 0. The van der Waals surface area contributed by atoms with Crippen molar-refractivity contribution in [2.24, 2.45) is 0 Å². The topological polar surface area (TPSA) is 121 Å². The number of ketones is 1. The van der Waals surface area contributed by atoms with Crippen molar-refractivity contribution in [2.45, 2.75) is 26.8 Å². The van der Waals surface area contributed by atoms with Crippen LogP contribution in [0.4, 0.5) is 0 Å². The van der Waals surface area contributed by atoms with Crippen molar-refractivity contribution in [3.8, 4) is 11.5 Å². The monoisotopic (exact) mass is 499 g/mol. The molecule has 2 aromatic rings. The quantitative estimate of drug-likeness (QED) is 0.234. The van der Waals surface area contributed by atoms with E-state index in [2.05, 4.69) is 4.98 Å². The van der Waals surface area contributed by atoms with Crippen LogP contribution in [0, 0.1) is 13.8 Å². The van der Waals surface area contributed by atoms with Crippen molar-refractivity contribution in [3.05, 3.63) is 51.9 Å². The van der Waals surface area contributed by atoms with E-state index in [1.165, 1.54) is 19.1 Å². The Morgan fingerprint density at radius 3 is 2.44 bits per heavy atom. The number of rotatable bonds is 9. The number of esters is 1. The zero-order chi connectivity index (χ0) is 26.7. The molecule has 36 heavy (non-hydrogen) atoms. The molecular weight excluding hydrogens is 466 g/mol. The summed E-state index contributed by atoms with van der Waals surface area (Å²) < 4.78 is 15.9. The summed E-state index contributed by atoms with van der Waals surface area (Å²) in [5.41, 5.74) is 1.84. The van der Waals surface area contributed by atoms with Crippen LogP contribution in [0.1, 0.15) is 45.8 Å². The van der Waals surface area contributed by atoms with E-state index in [9.17, 15) is 19.5 Å². The van der Waals surface area contributed by atoms with Crippen LogP contribution in [-0.4, -0.2) is 85.6 Å².